The number of hydrogen-bond donors (Lipinski definition) is 2. The first-order chi connectivity index (χ1) is 14.3. The Morgan fingerprint density at radius 2 is 1.42 bits per heavy atom. The van der Waals surface area contributed by atoms with E-state index in [9.17, 15) is 18.4 Å². The third kappa shape index (κ3) is 3.98. The molecule has 4 nitrogen and oxygen atoms in total. The summed E-state index contributed by atoms with van der Waals surface area (Å²) in [7, 11) is 0. The predicted molar refractivity (Wildman–Crippen MR) is 116 cm³/mol. The molecule has 0 spiro atoms. The number of amides is 2. The van der Waals surface area contributed by atoms with Crippen LogP contribution < -0.4 is 10.6 Å². The van der Waals surface area contributed by atoms with E-state index in [-0.39, 0.29) is 33.8 Å². The van der Waals surface area contributed by atoms with Crippen LogP contribution in [0.1, 0.15) is 73.1 Å². The van der Waals surface area contributed by atoms with Gasteiger partial charge in [0.1, 0.15) is 17.7 Å². The maximum atomic E-state index is 14.0. The molecule has 4 aliphatic rings. The van der Waals surface area contributed by atoms with Crippen LogP contribution in [0.3, 0.4) is 0 Å². The molecule has 4 aliphatic carbocycles. The molecule has 0 radical (unpaired) electrons. The van der Waals surface area contributed by atoms with Crippen LogP contribution in [0.15, 0.2) is 18.2 Å². The number of carbonyl (C=O) groups is 2. The number of anilines is 1. The lowest BCUT2D eigenvalue weighted by atomic mass is 9.36. The van der Waals surface area contributed by atoms with Gasteiger partial charge in [-0.3, -0.25) is 9.59 Å². The Bertz CT molecular complexity index is 875. The lowest BCUT2D eigenvalue weighted by molar-refractivity contribution is -0.192. The van der Waals surface area contributed by atoms with E-state index < -0.39 is 29.0 Å². The van der Waals surface area contributed by atoms with Gasteiger partial charge in [-0.1, -0.05) is 34.6 Å². The zero-order valence-corrected chi connectivity index (χ0v) is 19.2. The molecule has 4 fully saturated rings. The minimum absolute atomic E-state index is 0.0521. The summed E-state index contributed by atoms with van der Waals surface area (Å²) in [6.07, 6.45) is 6.04. The molecule has 4 bridgehead atoms. The average Bonchev–Trinajstić information content (AvgIpc) is 2.57. The molecule has 6 heteroatoms. The molecule has 0 heterocycles. The van der Waals surface area contributed by atoms with Gasteiger partial charge in [0, 0.05) is 6.07 Å². The molecular formula is C25H34F2N2O2. The van der Waals surface area contributed by atoms with Crippen LogP contribution in [0.5, 0.6) is 0 Å². The maximum Gasteiger partial charge on any atom is 0.247 e. The topological polar surface area (TPSA) is 58.2 Å². The number of nitrogens with one attached hydrogen (secondary N) is 2. The summed E-state index contributed by atoms with van der Waals surface area (Å²) in [6.45, 7) is 10.7. The van der Waals surface area contributed by atoms with Crippen LogP contribution in [0.4, 0.5) is 14.5 Å². The van der Waals surface area contributed by atoms with Gasteiger partial charge in [0.05, 0.1) is 11.1 Å². The quantitative estimate of drug-likeness (QED) is 0.652. The smallest absolute Gasteiger partial charge is 0.247 e. The number of hydrogen-bond acceptors (Lipinski definition) is 2. The molecule has 5 rings (SSSR count). The Morgan fingerprint density at radius 3 is 1.87 bits per heavy atom. The minimum atomic E-state index is -0.836. The van der Waals surface area contributed by atoms with Crippen LogP contribution in [0.25, 0.3) is 0 Å². The highest BCUT2D eigenvalue weighted by Crippen LogP contribution is 2.73. The van der Waals surface area contributed by atoms with Gasteiger partial charge in [-0.05, 0) is 72.8 Å². The van der Waals surface area contributed by atoms with E-state index in [0.717, 1.165) is 50.7 Å². The number of carbonyl (C=O) groups excluding carboxylic acids is 2. The average molecular weight is 433 g/mol. The lowest BCUT2D eigenvalue weighted by Gasteiger charge is -2.68. The highest BCUT2D eigenvalue weighted by molar-refractivity contribution is 5.98. The Kier molecular flexibility index (Phi) is 5.03. The fourth-order valence-corrected chi connectivity index (χ4v) is 8.16. The monoisotopic (exact) mass is 432 g/mol. The van der Waals surface area contributed by atoms with Gasteiger partial charge in [0.25, 0.3) is 0 Å². The molecule has 31 heavy (non-hydrogen) atoms. The molecule has 1 aromatic carbocycles. The van der Waals surface area contributed by atoms with Crippen molar-refractivity contribution >= 4 is 17.5 Å². The highest BCUT2D eigenvalue weighted by atomic mass is 19.1. The molecule has 170 valence electrons. The van der Waals surface area contributed by atoms with E-state index in [4.69, 9.17) is 0 Å². The van der Waals surface area contributed by atoms with Crippen molar-refractivity contribution in [2.75, 3.05) is 5.32 Å². The largest absolute Gasteiger partial charge is 0.344 e. The van der Waals surface area contributed by atoms with E-state index in [1.165, 1.54) is 6.07 Å². The third-order valence-electron chi connectivity index (χ3n) is 7.76. The molecule has 2 N–H and O–H groups in total. The van der Waals surface area contributed by atoms with Crippen molar-refractivity contribution in [2.24, 2.45) is 27.6 Å². The first-order valence-electron chi connectivity index (χ1n) is 11.3. The first kappa shape index (κ1) is 22.2. The highest BCUT2D eigenvalue weighted by Gasteiger charge is 2.66. The van der Waals surface area contributed by atoms with Gasteiger partial charge < -0.3 is 10.6 Å². The second-order valence-corrected chi connectivity index (χ2v) is 12.1. The summed E-state index contributed by atoms with van der Waals surface area (Å²) < 4.78 is 27.2. The molecule has 1 aromatic rings. The summed E-state index contributed by atoms with van der Waals surface area (Å²) in [5.41, 5.74) is -0.0805. The standard InChI is InChI=1S/C25H34F2N2O2/c1-15(2)19(20(30)28-18-7-6-16(26)8-17(18)27)29-21(31)25-12-22(3)9-23(4,13-25)11-24(5,10-22)14-25/h6-8,15,19H,9-14H2,1-5H3,(H,28,30)(H,29,31). The fourth-order valence-electron chi connectivity index (χ4n) is 8.16. The Labute approximate surface area is 183 Å². The van der Waals surface area contributed by atoms with Gasteiger partial charge in [-0.2, -0.15) is 0 Å². The minimum Gasteiger partial charge on any atom is -0.344 e. The van der Waals surface area contributed by atoms with Gasteiger partial charge in [0.15, 0.2) is 0 Å². The van der Waals surface area contributed by atoms with Gasteiger partial charge in [-0.15, -0.1) is 0 Å². The fraction of sp³-hybridized carbons (Fsp3) is 0.680. The van der Waals surface area contributed by atoms with E-state index in [2.05, 4.69) is 31.4 Å². The molecule has 4 saturated carbocycles. The van der Waals surface area contributed by atoms with E-state index >= 15 is 0 Å². The van der Waals surface area contributed by atoms with Crippen molar-refractivity contribution in [1.29, 1.82) is 0 Å². The van der Waals surface area contributed by atoms with Crippen molar-refractivity contribution in [1.82, 2.24) is 5.32 Å². The van der Waals surface area contributed by atoms with Crippen LogP contribution >= 0.6 is 0 Å². The Morgan fingerprint density at radius 1 is 0.903 bits per heavy atom. The van der Waals surface area contributed by atoms with E-state index in [1.54, 1.807) is 0 Å². The van der Waals surface area contributed by atoms with Crippen LogP contribution in [-0.4, -0.2) is 17.9 Å². The number of rotatable bonds is 5. The zero-order chi connectivity index (χ0) is 22.8. The van der Waals surface area contributed by atoms with Crippen LogP contribution in [0.2, 0.25) is 0 Å². The van der Waals surface area contributed by atoms with E-state index in [0.29, 0.717) is 0 Å². The van der Waals surface area contributed by atoms with Gasteiger partial charge in [-0.25, -0.2) is 8.78 Å². The van der Waals surface area contributed by atoms with Crippen molar-refractivity contribution in [3.05, 3.63) is 29.8 Å². The van der Waals surface area contributed by atoms with Gasteiger partial charge in [0.2, 0.25) is 11.8 Å². The third-order valence-corrected chi connectivity index (χ3v) is 7.76. The first-order valence-corrected chi connectivity index (χ1v) is 11.3. The number of benzene rings is 1. The molecule has 0 aliphatic heterocycles. The second-order valence-electron chi connectivity index (χ2n) is 12.1. The molecule has 1 atom stereocenters. The summed E-state index contributed by atoms with van der Waals surface area (Å²) in [5, 5.41) is 5.55. The summed E-state index contributed by atoms with van der Waals surface area (Å²) in [5.74, 6) is -2.26. The zero-order valence-electron chi connectivity index (χ0n) is 19.2. The summed E-state index contributed by atoms with van der Waals surface area (Å²) in [4.78, 5) is 26.6. The van der Waals surface area contributed by atoms with Crippen molar-refractivity contribution in [2.45, 2.75) is 79.2 Å². The van der Waals surface area contributed by atoms with Crippen molar-refractivity contribution < 1.29 is 18.4 Å². The van der Waals surface area contributed by atoms with Crippen LogP contribution in [-0.2, 0) is 9.59 Å². The molecular weight excluding hydrogens is 398 g/mol. The number of halogens is 2. The normalized spacial score (nSPS) is 37.0. The summed E-state index contributed by atoms with van der Waals surface area (Å²) in [6, 6.07) is 2.23. The Hall–Kier alpha value is -1.98. The van der Waals surface area contributed by atoms with Crippen molar-refractivity contribution in [3.63, 3.8) is 0 Å². The molecule has 0 aromatic heterocycles. The van der Waals surface area contributed by atoms with Crippen LogP contribution in [0, 0.1) is 39.2 Å². The second kappa shape index (κ2) is 7.01. The summed E-state index contributed by atoms with van der Waals surface area (Å²) >= 11 is 0. The predicted octanol–water partition coefficient (Wildman–Crippen LogP) is 5.43. The Balaban J connectivity index is 1.55. The molecule has 0 saturated heterocycles. The van der Waals surface area contributed by atoms with Gasteiger partial charge >= 0.3 is 0 Å². The SMILES string of the molecule is CC(C)C(NC(=O)C12CC3(C)CC(C)(CC(C)(C3)C1)C2)C(=O)Nc1ccc(F)cc1F. The molecule has 1 unspecified atom stereocenters. The molecule has 2 amide bonds. The van der Waals surface area contributed by atoms with E-state index in [1.807, 2.05) is 13.8 Å². The lowest BCUT2D eigenvalue weighted by Crippen LogP contribution is -2.64. The van der Waals surface area contributed by atoms with Crippen molar-refractivity contribution in [3.8, 4) is 0 Å². The maximum absolute atomic E-state index is 14.0.